The number of carbonyl (C=O) groups excluding carboxylic acids is 2. The van der Waals surface area contributed by atoms with Crippen molar-refractivity contribution in [1.82, 2.24) is 10.6 Å². The van der Waals surface area contributed by atoms with Crippen molar-refractivity contribution in [3.63, 3.8) is 0 Å². The molecule has 2 saturated heterocycles. The van der Waals surface area contributed by atoms with Crippen LogP contribution in [0, 0.1) is 5.92 Å². The lowest BCUT2D eigenvalue weighted by molar-refractivity contribution is -0.132. The van der Waals surface area contributed by atoms with Crippen LogP contribution in [0.1, 0.15) is 12.8 Å². The Hall–Kier alpha value is -1.11. The molecular weight excluding hydrogens is 370 g/mol. The van der Waals surface area contributed by atoms with Crippen LogP contribution in [0.2, 0.25) is 0 Å². The van der Waals surface area contributed by atoms with E-state index in [9.17, 15) is 9.59 Å². The standard InChI is InChI=1S/C15H18BrN3O2.ClH/c16-12-3-1-2-4-13(12)19-8-6-11(15(19)21)14(20)18-10-5-7-17-9-10;/h1-4,10-11,17H,5-9H2,(H,18,20);1H. The molecule has 2 atom stereocenters. The fraction of sp³-hybridized carbons (Fsp3) is 0.467. The number of hydrogen-bond acceptors (Lipinski definition) is 3. The van der Waals surface area contributed by atoms with E-state index < -0.39 is 5.92 Å². The molecule has 3 rings (SSSR count). The van der Waals surface area contributed by atoms with Crippen LogP contribution in [0.15, 0.2) is 28.7 Å². The topological polar surface area (TPSA) is 61.4 Å². The average molecular weight is 389 g/mol. The van der Waals surface area contributed by atoms with E-state index in [2.05, 4.69) is 26.6 Å². The Morgan fingerprint density at radius 1 is 1.32 bits per heavy atom. The van der Waals surface area contributed by atoms with E-state index in [0.29, 0.717) is 13.0 Å². The molecule has 7 heteroatoms. The van der Waals surface area contributed by atoms with Gasteiger partial charge in [-0.2, -0.15) is 0 Å². The molecule has 2 aliphatic rings. The number of benzene rings is 1. The number of nitrogens with zero attached hydrogens (tertiary/aromatic N) is 1. The van der Waals surface area contributed by atoms with Gasteiger partial charge >= 0.3 is 0 Å². The molecule has 120 valence electrons. The summed E-state index contributed by atoms with van der Waals surface area (Å²) in [5, 5.41) is 6.18. The van der Waals surface area contributed by atoms with Crippen LogP contribution in [0.5, 0.6) is 0 Å². The second kappa shape index (κ2) is 7.44. The van der Waals surface area contributed by atoms with Gasteiger partial charge in [0.1, 0.15) is 5.92 Å². The molecule has 5 nitrogen and oxygen atoms in total. The van der Waals surface area contributed by atoms with Crippen molar-refractivity contribution in [2.75, 3.05) is 24.5 Å². The Balaban J connectivity index is 0.00000176. The number of para-hydroxylation sites is 1. The zero-order chi connectivity index (χ0) is 14.8. The number of halogens is 2. The van der Waals surface area contributed by atoms with E-state index in [-0.39, 0.29) is 30.3 Å². The third kappa shape index (κ3) is 3.45. The molecule has 1 aromatic rings. The molecule has 2 unspecified atom stereocenters. The van der Waals surface area contributed by atoms with Gasteiger partial charge in [-0.15, -0.1) is 12.4 Å². The largest absolute Gasteiger partial charge is 0.351 e. The van der Waals surface area contributed by atoms with Gasteiger partial charge in [-0.1, -0.05) is 12.1 Å². The van der Waals surface area contributed by atoms with Gasteiger partial charge in [-0.05, 0) is 47.4 Å². The summed E-state index contributed by atoms with van der Waals surface area (Å²) in [6, 6.07) is 7.75. The average Bonchev–Trinajstić information content (AvgIpc) is 3.09. The van der Waals surface area contributed by atoms with Crippen molar-refractivity contribution in [3.05, 3.63) is 28.7 Å². The molecule has 22 heavy (non-hydrogen) atoms. The highest BCUT2D eigenvalue weighted by Crippen LogP contribution is 2.31. The van der Waals surface area contributed by atoms with Crippen LogP contribution in [0.25, 0.3) is 0 Å². The number of anilines is 1. The molecule has 0 spiro atoms. The summed E-state index contributed by atoms with van der Waals surface area (Å²) in [7, 11) is 0. The summed E-state index contributed by atoms with van der Waals surface area (Å²) in [6.45, 7) is 2.30. The minimum atomic E-state index is -0.558. The Morgan fingerprint density at radius 2 is 2.09 bits per heavy atom. The monoisotopic (exact) mass is 387 g/mol. The number of carbonyl (C=O) groups is 2. The van der Waals surface area contributed by atoms with E-state index in [1.165, 1.54) is 0 Å². The van der Waals surface area contributed by atoms with Crippen LogP contribution in [0.4, 0.5) is 5.69 Å². The minimum absolute atomic E-state index is 0. The first kappa shape index (κ1) is 17.2. The van der Waals surface area contributed by atoms with Gasteiger partial charge in [0.25, 0.3) is 0 Å². The molecule has 0 radical (unpaired) electrons. The number of amides is 2. The highest BCUT2D eigenvalue weighted by Gasteiger charge is 2.38. The van der Waals surface area contributed by atoms with Gasteiger partial charge in [0.05, 0.1) is 5.69 Å². The highest BCUT2D eigenvalue weighted by atomic mass is 79.9. The van der Waals surface area contributed by atoms with E-state index >= 15 is 0 Å². The molecule has 0 bridgehead atoms. The van der Waals surface area contributed by atoms with Crippen molar-refractivity contribution in [2.24, 2.45) is 5.92 Å². The van der Waals surface area contributed by atoms with Crippen LogP contribution in [-0.4, -0.2) is 37.5 Å². The van der Waals surface area contributed by atoms with Gasteiger partial charge in [0, 0.05) is 23.6 Å². The summed E-state index contributed by atoms with van der Waals surface area (Å²) in [6.07, 6.45) is 1.51. The lowest BCUT2D eigenvalue weighted by atomic mass is 10.1. The Bertz CT molecular complexity index is 563. The Labute approximate surface area is 144 Å². The molecule has 2 fully saturated rings. The first-order chi connectivity index (χ1) is 10.2. The summed E-state index contributed by atoms with van der Waals surface area (Å²) in [5.41, 5.74) is 0.834. The third-order valence-electron chi connectivity index (χ3n) is 4.07. The molecule has 0 aliphatic carbocycles. The summed E-state index contributed by atoms with van der Waals surface area (Å²) >= 11 is 3.46. The number of nitrogens with one attached hydrogen (secondary N) is 2. The number of hydrogen-bond donors (Lipinski definition) is 2. The van der Waals surface area contributed by atoms with Gasteiger partial charge < -0.3 is 15.5 Å². The summed E-state index contributed by atoms with van der Waals surface area (Å²) in [5.74, 6) is -0.800. The zero-order valence-corrected chi connectivity index (χ0v) is 14.5. The van der Waals surface area contributed by atoms with E-state index in [1.807, 2.05) is 24.3 Å². The molecular formula is C15H19BrClN3O2. The molecule has 2 N–H and O–H groups in total. The van der Waals surface area contributed by atoms with Crippen LogP contribution >= 0.6 is 28.3 Å². The third-order valence-corrected chi connectivity index (χ3v) is 4.74. The maximum absolute atomic E-state index is 12.5. The quantitative estimate of drug-likeness (QED) is 0.775. The lowest BCUT2D eigenvalue weighted by Gasteiger charge is -2.19. The number of rotatable bonds is 3. The maximum atomic E-state index is 12.5. The second-order valence-corrected chi connectivity index (χ2v) is 6.34. The van der Waals surface area contributed by atoms with E-state index in [4.69, 9.17) is 0 Å². The van der Waals surface area contributed by atoms with Gasteiger partial charge in [-0.3, -0.25) is 9.59 Å². The van der Waals surface area contributed by atoms with Gasteiger partial charge in [0.2, 0.25) is 11.8 Å². The normalized spacial score (nSPS) is 24.2. The van der Waals surface area contributed by atoms with Crippen molar-refractivity contribution in [3.8, 4) is 0 Å². The molecule has 2 aliphatic heterocycles. The van der Waals surface area contributed by atoms with Crippen molar-refractivity contribution < 1.29 is 9.59 Å². The predicted molar refractivity (Wildman–Crippen MR) is 91.3 cm³/mol. The van der Waals surface area contributed by atoms with Crippen LogP contribution in [-0.2, 0) is 9.59 Å². The molecule has 2 heterocycles. The first-order valence-electron chi connectivity index (χ1n) is 7.24. The van der Waals surface area contributed by atoms with Gasteiger partial charge in [0.15, 0.2) is 0 Å². The predicted octanol–water partition coefficient (Wildman–Crippen LogP) is 1.70. The van der Waals surface area contributed by atoms with Crippen molar-refractivity contribution in [1.29, 1.82) is 0 Å². The molecule has 1 aromatic carbocycles. The van der Waals surface area contributed by atoms with E-state index in [0.717, 1.165) is 29.7 Å². The molecule has 0 aromatic heterocycles. The van der Waals surface area contributed by atoms with Crippen LogP contribution < -0.4 is 15.5 Å². The fourth-order valence-electron chi connectivity index (χ4n) is 2.91. The molecule has 2 amide bonds. The second-order valence-electron chi connectivity index (χ2n) is 5.48. The smallest absolute Gasteiger partial charge is 0.239 e. The zero-order valence-electron chi connectivity index (χ0n) is 12.0. The Kier molecular flexibility index (Phi) is 5.83. The minimum Gasteiger partial charge on any atom is -0.351 e. The van der Waals surface area contributed by atoms with Crippen LogP contribution in [0.3, 0.4) is 0 Å². The summed E-state index contributed by atoms with van der Waals surface area (Å²) < 4.78 is 0.874. The first-order valence-corrected chi connectivity index (χ1v) is 8.03. The van der Waals surface area contributed by atoms with Crippen molar-refractivity contribution in [2.45, 2.75) is 18.9 Å². The van der Waals surface area contributed by atoms with Gasteiger partial charge in [-0.25, -0.2) is 0 Å². The summed E-state index contributed by atoms with van der Waals surface area (Å²) in [4.78, 5) is 26.5. The Morgan fingerprint density at radius 3 is 2.77 bits per heavy atom. The van der Waals surface area contributed by atoms with Crippen molar-refractivity contribution >= 4 is 45.8 Å². The fourth-order valence-corrected chi connectivity index (χ4v) is 3.41. The molecule has 0 saturated carbocycles. The van der Waals surface area contributed by atoms with E-state index in [1.54, 1.807) is 4.90 Å². The highest BCUT2D eigenvalue weighted by molar-refractivity contribution is 9.10. The SMILES string of the molecule is Cl.O=C(NC1CCNC1)C1CCN(c2ccccc2Br)C1=O. The maximum Gasteiger partial charge on any atom is 0.239 e. The lowest BCUT2D eigenvalue weighted by Crippen LogP contribution is -2.42.